The fraction of sp³-hybridized carbons (Fsp3) is 0.455. The summed E-state index contributed by atoms with van der Waals surface area (Å²) in [5.74, 6) is 0. The molecule has 1 saturated carbocycles. The van der Waals surface area contributed by atoms with Crippen molar-refractivity contribution in [3.63, 3.8) is 0 Å². The van der Waals surface area contributed by atoms with Gasteiger partial charge in [-0.1, -0.05) is 6.07 Å². The number of nitrogen functional groups attached to an aromatic ring is 1. The molecular formula is C11H16N2O2S. The van der Waals surface area contributed by atoms with Gasteiger partial charge in [0.2, 0.25) is 10.0 Å². The molecule has 5 heteroatoms. The predicted octanol–water partition coefficient (Wildman–Crippen LogP) is 1.36. The summed E-state index contributed by atoms with van der Waals surface area (Å²) in [6, 6.07) is 5.17. The molecule has 0 spiro atoms. The van der Waals surface area contributed by atoms with Gasteiger partial charge in [-0.3, -0.25) is 0 Å². The number of hydrogen-bond acceptors (Lipinski definition) is 3. The highest BCUT2D eigenvalue weighted by molar-refractivity contribution is 7.89. The number of rotatable bonds is 3. The van der Waals surface area contributed by atoms with Gasteiger partial charge < -0.3 is 5.73 Å². The Balaban J connectivity index is 2.46. The van der Waals surface area contributed by atoms with Crippen molar-refractivity contribution in [2.75, 3.05) is 12.8 Å². The van der Waals surface area contributed by atoms with Gasteiger partial charge in [-0.2, -0.15) is 4.31 Å². The number of anilines is 1. The van der Waals surface area contributed by atoms with Gasteiger partial charge in [0, 0.05) is 18.8 Å². The van der Waals surface area contributed by atoms with Crippen LogP contribution in [-0.2, 0) is 10.0 Å². The molecule has 1 aliphatic carbocycles. The van der Waals surface area contributed by atoms with Crippen molar-refractivity contribution in [1.82, 2.24) is 4.31 Å². The summed E-state index contributed by atoms with van der Waals surface area (Å²) in [4.78, 5) is 0.321. The van der Waals surface area contributed by atoms with Crippen molar-refractivity contribution in [1.29, 1.82) is 0 Å². The number of benzene rings is 1. The third kappa shape index (κ3) is 1.81. The quantitative estimate of drug-likeness (QED) is 0.811. The summed E-state index contributed by atoms with van der Waals surface area (Å²) in [7, 11) is -1.74. The maximum atomic E-state index is 12.3. The smallest absolute Gasteiger partial charge is 0.243 e. The lowest BCUT2D eigenvalue weighted by Gasteiger charge is -2.18. The lowest BCUT2D eigenvalue weighted by atomic mass is 10.2. The summed E-state index contributed by atoms with van der Waals surface area (Å²) >= 11 is 0. The second-order valence-corrected chi connectivity index (χ2v) is 6.19. The largest absolute Gasteiger partial charge is 0.398 e. The van der Waals surface area contributed by atoms with Crippen LogP contribution in [0.4, 0.5) is 5.69 Å². The molecule has 0 amide bonds. The van der Waals surface area contributed by atoms with Crippen molar-refractivity contribution in [3.05, 3.63) is 23.8 Å². The van der Waals surface area contributed by atoms with Gasteiger partial charge in [0.1, 0.15) is 0 Å². The molecule has 0 heterocycles. The minimum atomic E-state index is -3.38. The minimum Gasteiger partial charge on any atom is -0.398 e. The van der Waals surface area contributed by atoms with Crippen LogP contribution in [0.3, 0.4) is 0 Å². The van der Waals surface area contributed by atoms with Crippen LogP contribution in [0.25, 0.3) is 0 Å². The Morgan fingerprint density at radius 2 is 2.00 bits per heavy atom. The van der Waals surface area contributed by atoms with Gasteiger partial charge in [0.15, 0.2) is 0 Å². The Labute approximate surface area is 96.1 Å². The maximum Gasteiger partial charge on any atom is 0.243 e. The first-order chi connectivity index (χ1) is 7.44. The third-order valence-corrected chi connectivity index (χ3v) is 5.10. The second-order valence-electron chi connectivity index (χ2n) is 4.22. The van der Waals surface area contributed by atoms with Gasteiger partial charge in [0.05, 0.1) is 4.90 Å². The first-order valence-corrected chi connectivity index (χ1v) is 6.71. The van der Waals surface area contributed by atoms with E-state index >= 15 is 0 Å². The molecule has 1 fully saturated rings. The van der Waals surface area contributed by atoms with Crippen LogP contribution < -0.4 is 5.73 Å². The standard InChI is InChI=1S/C11H16N2O2S/c1-8-10(12)4-3-5-11(8)16(14,15)13(2)9-6-7-9/h3-5,9H,6-7,12H2,1-2H3. The zero-order chi connectivity index (χ0) is 11.9. The summed E-state index contributed by atoms with van der Waals surface area (Å²) < 4.78 is 26.0. The highest BCUT2D eigenvalue weighted by Crippen LogP contribution is 2.32. The zero-order valence-corrected chi connectivity index (χ0v) is 10.3. The van der Waals surface area contributed by atoms with Crippen molar-refractivity contribution in [2.45, 2.75) is 30.7 Å². The van der Waals surface area contributed by atoms with Crippen molar-refractivity contribution in [3.8, 4) is 0 Å². The molecule has 0 unspecified atom stereocenters. The van der Waals surface area contributed by atoms with Crippen LogP contribution in [0.1, 0.15) is 18.4 Å². The van der Waals surface area contributed by atoms with Gasteiger partial charge in [-0.05, 0) is 37.5 Å². The molecule has 0 aromatic heterocycles. The van der Waals surface area contributed by atoms with E-state index in [1.807, 2.05) is 0 Å². The van der Waals surface area contributed by atoms with Crippen molar-refractivity contribution < 1.29 is 8.42 Å². The predicted molar refractivity (Wildman–Crippen MR) is 63.6 cm³/mol. The van der Waals surface area contributed by atoms with Crippen LogP contribution in [0.2, 0.25) is 0 Å². The molecule has 2 N–H and O–H groups in total. The lowest BCUT2D eigenvalue weighted by Crippen LogP contribution is -2.29. The molecule has 1 aliphatic rings. The molecular weight excluding hydrogens is 224 g/mol. The van der Waals surface area contributed by atoms with E-state index in [1.165, 1.54) is 4.31 Å². The van der Waals surface area contributed by atoms with E-state index < -0.39 is 10.0 Å². The molecule has 0 aliphatic heterocycles. The van der Waals surface area contributed by atoms with Crippen LogP contribution in [0, 0.1) is 6.92 Å². The zero-order valence-electron chi connectivity index (χ0n) is 9.47. The first kappa shape index (κ1) is 11.4. The molecule has 1 aromatic rings. The molecule has 16 heavy (non-hydrogen) atoms. The van der Waals surface area contributed by atoms with E-state index in [-0.39, 0.29) is 6.04 Å². The summed E-state index contributed by atoms with van der Waals surface area (Å²) in [5, 5.41) is 0. The molecule has 2 rings (SSSR count). The van der Waals surface area contributed by atoms with Crippen molar-refractivity contribution >= 4 is 15.7 Å². The fourth-order valence-electron chi connectivity index (χ4n) is 1.70. The van der Waals surface area contributed by atoms with E-state index in [9.17, 15) is 8.42 Å². The number of nitrogens with two attached hydrogens (primary N) is 1. The molecule has 4 nitrogen and oxygen atoms in total. The average Bonchev–Trinajstić information content (AvgIpc) is 3.04. The Morgan fingerprint density at radius 3 is 2.56 bits per heavy atom. The van der Waals surface area contributed by atoms with E-state index in [0.717, 1.165) is 12.8 Å². The minimum absolute atomic E-state index is 0.172. The number of nitrogens with zero attached hydrogens (tertiary/aromatic N) is 1. The van der Waals surface area contributed by atoms with Crippen molar-refractivity contribution in [2.24, 2.45) is 0 Å². The molecule has 0 bridgehead atoms. The van der Waals surface area contributed by atoms with E-state index in [0.29, 0.717) is 16.1 Å². The SMILES string of the molecule is Cc1c(N)cccc1S(=O)(=O)N(C)C1CC1. The second kappa shape index (κ2) is 3.75. The third-order valence-electron chi connectivity index (χ3n) is 3.04. The van der Waals surface area contributed by atoms with E-state index in [1.54, 1.807) is 32.2 Å². The first-order valence-electron chi connectivity index (χ1n) is 5.27. The van der Waals surface area contributed by atoms with Crippen LogP contribution in [0.15, 0.2) is 23.1 Å². The Hall–Kier alpha value is -1.07. The lowest BCUT2D eigenvalue weighted by molar-refractivity contribution is 0.464. The molecule has 1 aromatic carbocycles. The molecule has 0 atom stereocenters. The highest BCUT2D eigenvalue weighted by atomic mass is 32.2. The Bertz CT molecular complexity index is 507. The van der Waals surface area contributed by atoms with Gasteiger partial charge in [-0.15, -0.1) is 0 Å². The fourth-order valence-corrected chi connectivity index (χ4v) is 3.37. The topological polar surface area (TPSA) is 63.4 Å². The number of sulfonamides is 1. The Morgan fingerprint density at radius 1 is 1.38 bits per heavy atom. The Kier molecular flexibility index (Phi) is 2.67. The van der Waals surface area contributed by atoms with Crippen LogP contribution >= 0.6 is 0 Å². The van der Waals surface area contributed by atoms with Crippen LogP contribution in [-0.4, -0.2) is 25.8 Å². The average molecular weight is 240 g/mol. The molecule has 88 valence electrons. The van der Waals surface area contributed by atoms with Crippen LogP contribution in [0.5, 0.6) is 0 Å². The monoisotopic (exact) mass is 240 g/mol. The molecule has 0 saturated heterocycles. The van der Waals surface area contributed by atoms with E-state index in [4.69, 9.17) is 5.73 Å². The van der Waals surface area contributed by atoms with Gasteiger partial charge in [-0.25, -0.2) is 8.42 Å². The molecule has 0 radical (unpaired) electrons. The summed E-state index contributed by atoms with van der Waals surface area (Å²) in [6.45, 7) is 1.74. The van der Waals surface area contributed by atoms with Gasteiger partial charge >= 0.3 is 0 Å². The van der Waals surface area contributed by atoms with E-state index in [2.05, 4.69) is 0 Å². The normalized spacial score (nSPS) is 16.7. The summed E-state index contributed by atoms with van der Waals surface area (Å²) in [5.41, 5.74) is 6.88. The maximum absolute atomic E-state index is 12.3. The highest BCUT2D eigenvalue weighted by Gasteiger charge is 2.35. The van der Waals surface area contributed by atoms with Gasteiger partial charge in [0.25, 0.3) is 0 Å². The number of hydrogen-bond donors (Lipinski definition) is 1. The summed E-state index contributed by atoms with van der Waals surface area (Å²) in [6.07, 6.45) is 1.91.